The molecule has 3 rings (SSSR count). The molecule has 0 spiro atoms. The van der Waals surface area contributed by atoms with Crippen molar-refractivity contribution < 1.29 is 4.79 Å². The maximum atomic E-state index is 12.2. The van der Waals surface area contributed by atoms with Gasteiger partial charge in [-0.15, -0.1) is 0 Å². The molecule has 96 valence electrons. The van der Waals surface area contributed by atoms with Gasteiger partial charge in [-0.25, -0.2) is 0 Å². The zero-order chi connectivity index (χ0) is 12.7. The minimum atomic E-state index is 0.134. The first-order chi connectivity index (χ1) is 8.66. The third kappa shape index (κ3) is 2.20. The van der Waals surface area contributed by atoms with E-state index >= 15 is 0 Å². The molecule has 3 unspecified atom stereocenters. The molecule has 2 aliphatic carbocycles. The molecule has 0 aromatic heterocycles. The molecule has 2 aliphatic rings. The molecule has 1 amide bonds. The van der Waals surface area contributed by atoms with E-state index in [1.807, 2.05) is 6.07 Å². The van der Waals surface area contributed by atoms with E-state index in [-0.39, 0.29) is 17.9 Å². The topological polar surface area (TPSA) is 29.1 Å². The Kier molecular flexibility index (Phi) is 3.18. The minimum absolute atomic E-state index is 0.134. The van der Waals surface area contributed by atoms with Gasteiger partial charge in [0.25, 0.3) is 0 Å². The maximum absolute atomic E-state index is 12.2. The van der Waals surface area contributed by atoms with Gasteiger partial charge in [-0.2, -0.15) is 0 Å². The zero-order valence-electron chi connectivity index (χ0n) is 10.5. The molecule has 3 heteroatoms. The largest absolute Gasteiger partial charge is 0.348 e. The Hall–Kier alpha value is -0.830. The standard InChI is InChI=1S/C15H18BrNO/c1-9(10-6-7-10)15(18)17-14-12-5-3-2-4-11(12)8-13(14)16/h2-5,9-10,13-14H,6-8H2,1H3,(H,17,18). The van der Waals surface area contributed by atoms with Crippen molar-refractivity contribution in [2.45, 2.75) is 37.1 Å². The zero-order valence-corrected chi connectivity index (χ0v) is 12.1. The molecule has 3 atom stereocenters. The average molecular weight is 308 g/mol. The molecular formula is C15H18BrNO. The Morgan fingerprint density at radius 1 is 1.39 bits per heavy atom. The minimum Gasteiger partial charge on any atom is -0.348 e. The molecular weight excluding hydrogens is 290 g/mol. The molecule has 0 bridgehead atoms. The van der Waals surface area contributed by atoms with Crippen LogP contribution in [0.4, 0.5) is 0 Å². The van der Waals surface area contributed by atoms with Crippen molar-refractivity contribution in [3.05, 3.63) is 35.4 Å². The van der Waals surface area contributed by atoms with E-state index in [1.165, 1.54) is 24.0 Å². The fourth-order valence-corrected chi connectivity index (χ4v) is 3.58. The van der Waals surface area contributed by atoms with Crippen molar-refractivity contribution in [3.63, 3.8) is 0 Å². The van der Waals surface area contributed by atoms with Gasteiger partial charge in [-0.1, -0.05) is 47.1 Å². The molecule has 0 aliphatic heterocycles. The summed E-state index contributed by atoms with van der Waals surface area (Å²) >= 11 is 3.70. The first kappa shape index (κ1) is 12.2. The van der Waals surface area contributed by atoms with Gasteiger partial charge in [0.15, 0.2) is 0 Å². The van der Waals surface area contributed by atoms with Crippen LogP contribution in [-0.4, -0.2) is 10.7 Å². The van der Waals surface area contributed by atoms with Crippen LogP contribution in [0.2, 0.25) is 0 Å². The Morgan fingerprint density at radius 3 is 2.83 bits per heavy atom. The first-order valence-corrected chi connectivity index (χ1v) is 7.60. The summed E-state index contributed by atoms with van der Waals surface area (Å²) in [6.07, 6.45) is 3.43. The van der Waals surface area contributed by atoms with Gasteiger partial charge in [0.2, 0.25) is 5.91 Å². The van der Waals surface area contributed by atoms with Gasteiger partial charge in [0.1, 0.15) is 0 Å². The first-order valence-electron chi connectivity index (χ1n) is 6.69. The fraction of sp³-hybridized carbons (Fsp3) is 0.533. The lowest BCUT2D eigenvalue weighted by atomic mass is 10.0. The third-order valence-corrected chi connectivity index (χ3v) is 5.06. The van der Waals surface area contributed by atoms with E-state index in [9.17, 15) is 4.79 Å². The number of rotatable bonds is 3. The highest BCUT2D eigenvalue weighted by molar-refractivity contribution is 9.09. The Morgan fingerprint density at radius 2 is 2.11 bits per heavy atom. The number of benzene rings is 1. The maximum Gasteiger partial charge on any atom is 0.223 e. The Balaban J connectivity index is 1.74. The highest BCUT2D eigenvalue weighted by Crippen LogP contribution is 2.39. The van der Waals surface area contributed by atoms with E-state index in [0.29, 0.717) is 10.7 Å². The van der Waals surface area contributed by atoms with Crippen LogP contribution >= 0.6 is 15.9 Å². The Bertz CT molecular complexity index is 469. The third-order valence-electron chi connectivity index (χ3n) is 4.21. The van der Waals surface area contributed by atoms with E-state index in [2.05, 4.69) is 46.4 Å². The van der Waals surface area contributed by atoms with Gasteiger partial charge < -0.3 is 5.32 Å². The molecule has 0 heterocycles. The number of hydrogen-bond donors (Lipinski definition) is 1. The van der Waals surface area contributed by atoms with Crippen LogP contribution in [0.25, 0.3) is 0 Å². The Labute approximate surface area is 116 Å². The molecule has 1 aromatic carbocycles. The summed E-state index contributed by atoms with van der Waals surface area (Å²) in [6.45, 7) is 2.05. The van der Waals surface area contributed by atoms with Gasteiger partial charge in [-0.3, -0.25) is 4.79 Å². The SMILES string of the molecule is CC(C(=O)NC1c2ccccc2CC1Br)C1CC1. The van der Waals surface area contributed by atoms with Crippen LogP contribution in [-0.2, 0) is 11.2 Å². The van der Waals surface area contributed by atoms with E-state index in [0.717, 1.165) is 6.42 Å². The van der Waals surface area contributed by atoms with Crippen LogP contribution in [0.5, 0.6) is 0 Å². The fourth-order valence-electron chi connectivity index (χ4n) is 2.81. The molecule has 0 radical (unpaired) electrons. The lowest BCUT2D eigenvalue weighted by Crippen LogP contribution is -2.36. The van der Waals surface area contributed by atoms with Crippen molar-refractivity contribution in [2.24, 2.45) is 11.8 Å². The van der Waals surface area contributed by atoms with Crippen LogP contribution in [0.1, 0.15) is 36.9 Å². The van der Waals surface area contributed by atoms with Crippen LogP contribution in [0.15, 0.2) is 24.3 Å². The van der Waals surface area contributed by atoms with Crippen LogP contribution in [0.3, 0.4) is 0 Å². The van der Waals surface area contributed by atoms with Crippen molar-refractivity contribution in [2.75, 3.05) is 0 Å². The van der Waals surface area contributed by atoms with Crippen molar-refractivity contribution in [1.82, 2.24) is 5.32 Å². The molecule has 2 nitrogen and oxygen atoms in total. The lowest BCUT2D eigenvalue weighted by Gasteiger charge is -2.20. The van der Waals surface area contributed by atoms with Gasteiger partial charge in [-0.05, 0) is 36.3 Å². The summed E-state index contributed by atoms with van der Waals surface area (Å²) < 4.78 is 0. The predicted octanol–water partition coefficient (Wildman–Crippen LogP) is 3.21. The molecule has 18 heavy (non-hydrogen) atoms. The second-order valence-electron chi connectivity index (χ2n) is 5.53. The number of fused-ring (bicyclic) bond motifs is 1. The monoisotopic (exact) mass is 307 g/mol. The molecule has 1 aromatic rings. The quantitative estimate of drug-likeness (QED) is 0.854. The summed E-state index contributed by atoms with van der Waals surface area (Å²) in [5, 5.41) is 3.22. The molecule has 1 N–H and O–H groups in total. The van der Waals surface area contributed by atoms with E-state index < -0.39 is 0 Å². The van der Waals surface area contributed by atoms with E-state index in [1.54, 1.807) is 0 Å². The highest BCUT2D eigenvalue weighted by atomic mass is 79.9. The summed E-state index contributed by atoms with van der Waals surface area (Å²) in [4.78, 5) is 12.5. The van der Waals surface area contributed by atoms with Crippen LogP contribution < -0.4 is 5.32 Å². The second-order valence-corrected chi connectivity index (χ2v) is 6.71. The number of nitrogens with one attached hydrogen (secondary N) is 1. The molecule has 1 fully saturated rings. The molecule has 1 saturated carbocycles. The van der Waals surface area contributed by atoms with E-state index in [4.69, 9.17) is 0 Å². The average Bonchev–Trinajstić information content (AvgIpc) is 3.15. The van der Waals surface area contributed by atoms with Crippen molar-refractivity contribution >= 4 is 21.8 Å². The number of carbonyl (C=O) groups is 1. The number of hydrogen-bond acceptors (Lipinski definition) is 1. The normalized spacial score (nSPS) is 27.7. The number of amides is 1. The van der Waals surface area contributed by atoms with Crippen molar-refractivity contribution in [3.8, 4) is 0 Å². The second kappa shape index (κ2) is 4.69. The number of alkyl halides is 1. The summed E-state index contributed by atoms with van der Waals surface area (Å²) in [7, 11) is 0. The van der Waals surface area contributed by atoms with Crippen LogP contribution in [0, 0.1) is 11.8 Å². The number of halogens is 1. The van der Waals surface area contributed by atoms with Gasteiger partial charge >= 0.3 is 0 Å². The van der Waals surface area contributed by atoms with Gasteiger partial charge in [0.05, 0.1) is 6.04 Å². The number of carbonyl (C=O) groups excluding carboxylic acids is 1. The summed E-state index contributed by atoms with van der Waals surface area (Å²) in [5.74, 6) is 0.997. The highest BCUT2D eigenvalue weighted by Gasteiger charge is 2.36. The predicted molar refractivity (Wildman–Crippen MR) is 75.6 cm³/mol. The molecule has 0 saturated heterocycles. The smallest absolute Gasteiger partial charge is 0.223 e. The lowest BCUT2D eigenvalue weighted by molar-refractivity contribution is -0.125. The van der Waals surface area contributed by atoms with Crippen molar-refractivity contribution in [1.29, 1.82) is 0 Å². The summed E-state index contributed by atoms with van der Waals surface area (Å²) in [5.41, 5.74) is 2.62. The van der Waals surface area contributed by atoms with Gasteiger partial charge in [0, 0.05) is 10.7 Å². The summed E-state index contributed by atoms with van der Waals surface area (Å²) in [6, 6.07) is 8.53.